The highest BCUT2D eigenvalue weighted by Gasteiger charge is 2.45. The topological polar surface area (TPSA) is 27.7 Å². The fourth-order valence-electron chi connectivity index (χ4n) is 8.67. The van der Waals surface area contributed by atoms with E-state index in [1.54, 1.807) is 0 Å². The predicted molar refractivity (Wildman–Crippen MR) is 240 cm³/mol. The second kappa shape index (κ2) is 14.1. The molecule has 57 heavy (non-hydrogen) atoms. The Morgan fingerprint density at radius 1 is 0.491 bits per heavy atom. The van der Waals surface area contributed by atoms with Gasteiger partial charge in [-0.1, -0.05) is 188 Å². The van der Waals surface area contributed by atoms with Crippen molar-refractivity contribution in [3.63, 3.8) is 0 Å². The first-order chi connectivity index (χ1) is 28.2. The average Bonchev–Trinajstić information content (AvgIpc) is 3.27. The summed E-state index contributed by atoms with van der Waals surface area (Å²) >= 11 is 0. The molecule has 2 aliphatic rings. The molecule has 0 amide bonds. The Labute approximate surface area is 333 Å². The van der Waals surface area contributed by atoms with Crippen LogP contribution in [0, 0.1) is 0 Å². The van der Waals surface area contributed by atoms with E-state index < -0.39 is 22.1 Å². The molecule has 1 aliphatic heterocycles. The van der Waals surface area contributed by atoms with Crippen molar-refractivity contribution in [3.05, 3.63) is 210 Å². The van der Waals surface area contributed by atoms with E-state index in [-0.39, 0.29) is 0 Å². The molecule has 0 saturated heterocycles. The van der Waals surface area contributed by atoms with Gasteiger partial charge < -0.3 is 9.05 Å². The fraction of sp³-hybridized carbons (Fsp3) is 0.0385. The minimum absolute atomic E-state index is 0.660. The van der Waals surface area contributed by atoms with Gasteiger partial charge in [-0.15, -0.1) is 0 Å². The quantitative estimate of drug-likeness (QED) is 0.158. The SMILES string of the molecule is C1=c2ccccc2=CC2(C1)OP(Oc1ccc3ccccc3c1-c1c(P(c3ccccc3)c3ccccc3)ccc3ccccc13)Oc1ccc3ccccc3c12. The molecule has 1 aliphatic carbocycles. The third-order valence-electron chi connectivity index (χ3n) is 11.2. The molecule has 0 N–H and O–H groups in total. The van der Waals surface area contributed by atoms with Gasteiger partial charge in [0.25, 0.3) is 0 Å². The summed E-state index contributed by atoms with van der Waals surface area (Å²) in [7, 11) is -2.88. The van der Waals surface area contributed by atoms with Crippen molar-refractivity contribution in [2.45, 2.75) is 12.0 Å². The summed E-state index contributed by atoms with van der Waals surface area (Å²) in [5, 5.41) is 13.1. The molecular formula is C52H36O3P2. The van der Waals surface area contributed by atoms with Crippen LogP contribution in [-0.2, 0) is 10.1 Å². The number of fused-ring (bicyclic) bond motifs is 7. The number of hydrogen-bond acceptors (Lipinski definition) is 3. The molecule has 9 aromatic carbocycles. The zero-order valence-corrected chi connectivity index (χ0v) is 32.7. The molecule has 0 saturated carbocycles. The maximum Gasteiger partial charge on any atom is 0.464 e. The Hall–Kier alpha value is -6.08. The summed E-state index contributed by atoms with van der Waals surface area (Å²) in [6.45, 7) is 0. The van der Waals surface area contributed by atoms with E-state index in [0.717, 1.165) is 49.4 Å². The van der Waals surface area contributed by atoms with Crippen LogP contribution in [0.5, 0.6) is 11.5 Å². The van der Waals surface area contributed by atoms with Crippen LogP contribution >= 0.6 is 16.5 Å². The second-order valence-electron chi connectivity index (χ2n) is 14.6. The number of benzene rings is 9. The fourth-order valence-corrected chi connectivity index (χ4v) is 12.4. The van der Waals surface area contributed by atoms with E-state index in [4.69, 9.17) is 13.6 Å². The molecule has 5 heteroatoms. The Morgan fingerprint density at radius 2 is 1.04 bits per heavy atom. The van der Waals surface area contributed by atoms with Gasteiger partial charge in [-0.25, -0.2) is 0 Å². The maximum absolute atomic E-state index is 7.25. The second-order valence-corrected chi connectivity index (χ2v) is 17.8. The van der Waals surface area contributed by atoms with E-state index in [9.17, 15) is 0 Å². The van der Waals surface area contributed by atoms with Crippen molar-refractivity contribution in [3.8, 4) is 22.6 Å². The van der Waals surface area contributed by atoms with Crippen molar-refractivity contribution in [1.29, 1.82) is 0 Å². The van der Waals surface area contributed by atoms with Gasteiger partial charge in [-0.2, -0.15) is 0 Å². The normalized spacial score (nSPS) is 17.1. The zero-order chi connectivity index (χ0) is 37.8. The summed E-state index contributed by atoms with van der Waals surface area (Å²) in [5.74, 6) is 1.52. The lowest BCUT2D eigenvalue weighted by molar-refractivity contribution is 0.108. The Bertz CT molecular complexity index is 3070. The number of rotatable bonds is 6. The van der Waals surface area contributed by atoms with Crippen molar-refractivity contribution >= 4 is 76.9 Å². The highest BCUT2D eigenvalue weighted by atomic mass is 31.2. The molecule has 0 fully saturated rings. The van der Waals surface area contributed by atoms with Gasteiger partial charge in [-0.05, 0) is 84.8 Å². The van der Waals surface area contributed by atoms with E-state index in [0.29, 0.717) is 6.42 Å². The summed E-state index contributed by atoms with van der Waals surface area (Å²) < 4.78 is 21.3. The first-order valence-electron chi connectivity index (χ1n) is 19.3. The lowest BCUT2D eigenvalue weighted by atomic mass is 9.82. The molecule has 272 valence electrons. The molecule has 0 bridgehead atoms. The van der Waals surface area contributed by atoms with Crippen LogP contribution in [0.15, 0.2) is 194 Å². The molecular weight excluding hydrogens is 735 g/mol. The van der Waals surface area contributed by atoms with Crippen LogP contribution in [-0.4, -0.2) is 0 Å². The van der Waals surface area contributed by atoms with Crippen LogP contribution in [0.1, 0.15) is 12.0 Å². The standard InChI is InChI=1S/C52H36O3P2/c1-3-20-41(21-4-1)56(42-22-5-2-6-23-42)48-32-29-38-17-10-13-25-44(38)50(48)49-43-24-12-9-16-37(43)27-30-46(49)53-57-54-47-31-28-39-18-11-14-26-45(39)51(47)52(55-57)34-33-36-15-7-8-19-40(36)35-52/h1-33,35H,34H2. The smallest absolute Gasteiger partial charge is 0.417 e. The maximum atomic E-state index is 7.25. The average molecular weight is 771 g/mol. The van der Waals surface area contributed by atoms with Crippen LogP contribution in [0.4, 0.5) is 0 Å². The summed E-state index contributed by atoms with van der Waals surface area (Å²) in [4.78, 5) is 0. The molecule has 9 aromatic rings. The molecule has 2 unspecified atom stereocenters. The van der Waals surface area contributed by atoms with Crippen LogP contribution in [0.2, 0.25) is 0 Å². The summed E-state index contributed by atoms with van der Waals surface area (Å²) in [6, 6.07) is 69.3. The van der Waals surface area contributed by atoms with Crippen LogP contribution < -0.4 is 35.4 Å². The van der Waals surface area contributed by atoms with E-state index in [1.807, 2.05) is 0 Å². The van der Waals surface area contributed by atoms with Gasteiger partial charge in [0.05, 0.1) is 0 Å². The molecule has 1 spiro atoms. The largest absolute Gasteiger partial charge is 0.464 e. The minimum atomic E-state index is -1.91. The molecule has 0 radical (unpaired) electrons. The summed E-state index contributed by atoms with van der Waals surface area (Å²) in [5.41, 5.74) is 2.46. The van der Waals surface area contributed by atoms with E-state index in [1.165, 1.54) is 37.5 Å². The molecule has 3 nitrogen and oxygen atoms in total. The van der Waals surface area contributed by atoms with Gasteiger partial charge in [0.15, 0.2) is 0 Å². The molecule has 1 heterocycles. The molecule has 11 rings (SSSR count). The van der Waals surface area contributed by atoms with Crippen LogP contribution in [0.25, 0.3) is 55.6 Å². The monoisotopic (exact) mass is 770 g/mol. The summed E-state index contributed by atoms with van der Waals surface area (Å²) in [6.07, 6.45) is 5.23. The lowest BCUT2D eigenvalue weighted by Crippen LogP contribution is -2.39. The van der Waals surface area contributed by atoms with E-state index in [2.05, 4.69) is 206 Å². The van der Waals surface area contributed by atoms with Crippen molar-refractivity contribution < 1.29 is 13.6 Å². The Morgan fingerprint density at radius 3 is 1.74 bits per heavy atom. The van der Waals surface area contributed by atoms with Gasteiger partial charge in [0.1, 0.15) is 17.1 Å². The van der Waals surface area contributed by atoms with Crippen molar-refractivity contribution in [2.24, 2.45) is 0 Å². The van der Waals surface area contributed by atoms with E-state index >= 15 is 0 Å². The number of hydrogen-bond donors (Lipinski definition) is 0. The first kappa shape index (κ1) is 34.2. The third-order valence-corrected chi connectivity index (χ3v) is 14.9. The van der Waals surface area contributed by atoms with Gasteiger partial charge in [0.2, 0.25) is 0 Å². The Balaban J connectivity index is 1.14. The first-order valence-corrected chi connectivity index (χ1v) is 21.8. The van der Waals surface area contributed by atoms with Crippen molar-refractivity contribution in [1.82, 2.24) is 0 Å². The van der Waals surface area contributed by atoms with Gasteiger partial charge in [0, 0.05) is 23.1 Å². The minimum Gasteiger partial charge on any atom is -0.417 e. The van der Waals surface area contributed by atoms with Gasteiger partial charge >= 0.3 is 8.60 Å². The third kappa shape index (κ3) is 5.94. The molecule has 2 atom stereocenters. The lowest BCUT2D eigenvalue weighted by Gasteiger charge is -2.40. The Kier molecular flexibility index (Phi) is 8.48. The highest BCUT2D eigenvalue weighted by molar-refractivity contribution is 7.80. The van der Waals surface area contributed by atoms with Gasteiger partial charge in [-0.3, -0.25) is 4.52 Å². The van der Waals surface area contributed by atoms with Crippen LogP contribution in [0.3, 0.4) is 0 Å². The predicted octanol–water partition coefficient (Wildman–Crippen LogP) is 11.1. The van der Waals surface area contributed by atoms with Crippen molar-refractivity contribution in [2.75, 3.05) is 0 Å². The zero-order valence-electron chi connectivity index (χ0n) is 31.0. The molecule has 0 aromatic heterocycles. The highest BCUT2D eigenvalue weighted by Crippen LogP contribution is 2.60.